The van der Waals surface area contributed by atoms with Crippen LogP contribution in [0, 0.1) is 11.3 Å². The minimum Gasteiger partial charge on any atom is -0.208 e. The zero-order valence-corrected chi connectivity index (χ0v) is 31.3. The van der Waals surface area contributed by atoms with Gasteiger partial charge in [0.25, 0.3) is 0 Å². The van der Waals surface area contributed by atoms with E-state index in [1.54, 1.807) is 0 Å². The summed E-state index contributed by atoms with van der Waals surface area (Å²) in [4.78, 5) is 15.5. The molecule has 11 rings (SSSR count). The van der Waals surface area contributed by atoms with E-state index in [1.807, 2.05) is 66.7 Å². The van der Waals surface area contributed by atoms with E-state index >= 15 is 0 Å². The second-order valence-corrected chi connectivity index (χ2v) is 14.6. The van der Waals surface area contributed by atoms with E-state index in [0.29, 0.717) is 23.0 Å². The molecule has 10 aromatic rings. The fraction of sp³-hybridized carbons (Fsp3) is 0. The van der Waals surface area contributed by atoms with Gasteiger partial charge in [-0.2, -0.15) is 5.26 Å². The molecular formula is C54H32N4. The predicted molar refractivity (Wildman–Crippen MR) is 237 cm³/mol. The minimum atomic E-state index is 0.587. The van der Waals surface area contributed by atoms with Crippen molar-refractivity contribution in [2.45, 2.75) is 0 Å². The van der Waals surface area contributed by atoms with Crippen LogP contribution in [-0.2, 0) is 0 Å². The topological polar surface area (TPSA) is 62.5 Å². The zero-order chi connectivity index (χ0) is 38.6. The van der Waals surface area contributed by atoms with E-state index in [2.05, 4.69) is 133 Å². The van der Waals surface area contributed by atoms with Crippen molar-refractivity contribution in [2.24, 2.45) is 0 Å². The van der Waals surface area contributed by atoms with Gasteiger partial charge in [0, 0.05) is 16.7 Å². The number of nitrogens with zero attached hydrogens (tertiary/aromatic N) is 4. The van der Waals surface area contributed by atoms with Crippen LogP contribution in [0.4, 0.5) is 0 Å². The maximum atomic E-state index is 9.37. The maximum absolute atomic E-state index is 9.37. The van der Waals surface area contributed by atoms with Crippen molar-refractivity contribution in [3.63, 3.8) is 0 Å². The summed E-state index contributed by atoms with van der Waals surface area (Å²) in [6.45, 7) is 0. The van der Waals surface area contributed by atoms with Gasteiger partial charge in [0.15, 0.2) is 17.5 Å². The van der Waals surface area contributed by atoms with Gasteiger partial charge in [-0.3, -0.25) is 0 Å². The molecule has 0 aliphatic heterocycles. The van der Waals surface area contributed by atoms with Crippen molar-refractivity contribution in [3.8, 4) is 95.9 Å². The summed E-state index contributed by atoms with van der Waals surface area (Å²) < 4.78 is 0. The van der Waals surface area contributed by atoms with Gasteiger partial charge in [-0.25, -0.2) is 15.0 Å². The average molecular weight is 737 g/mol. The van der Waals surface area contributed by atoms with Gasteiger partial charge >= 0.3 is 0 Å². The smallest absolute Gasteiger partial charge is 0.164 e. The molecule has 0 unspecified atom stereocenters. The zero-order valence-electron chi connectivity index (χ0n) is 31.3. The lowest BCUT2D eigenvalue weighted by atomic mass is 9.82. The molecule has 1 aliphatic carbocycles. The number of hydrogen-bond donors (Lipinski definition) is 0. The Morgan fingerprint density at radius 1 is 0.328 bits per heavy atom. The highest BCUT2D eigenvalue weighted by Gasteiger charge is 2.30. The highest BCUT2D eigenvalue weighted by Crippen LogP contribution is 2.57. The highest BCUT2D eigenvalue weighted by molar-refractivity contribution is 6.27. The molecule has 9 aromatic carbocycles. The Labute approximate surface area is 336 Å². The molecule has 0 saturated heterocycles. The van der Waals surface area contributed by atoms with Crippen LogP contribution in [0.15, 0.2) is 194 Å². The van der Waals surface area contributed by atoms with Crippen molar-refractivity contribution < 1.29 is 0 Å². The molecular weight excluding hydrogens is 705 g/mol. The molecule has 0 radical (unpaired) electrons. The fourth-order valence-corrected chi connectivity index (χ4v) is 8.66. The van der Waals surface area contributed by atoms with Gasteiger partial charge in [-0.15, -0.1) is 0 Å². The Morgan fingerprint density at radius 3 is 1.38 bits per heavy atom. The van der Waals surface area contributed by atoms with E-state index < -0.39 is 0 Å². The SMILES string of the molecule is N#Cc1ccc(-c2cccc(-c3nc(-c4ccccc4)nc(-c4ccc5c(-c6ccccc6)c6c(c(-c7ccccc7)c5c4)-c4cccc5cccc-6c45)n3)c2)cc1. The molecule has 4 heteroatoms. The number of fused-ring (bicyclic) bond motifs is 4. The van der Waals surface area contributed by atoms with Gasteiger partial charge in [-0.05, 0) is 101 Å². The van der Waals surface area contributed by atoms with Crippen LogP contribution in [0.1, 0.15) is 5.56 Å². The Bertz CT molecular complexity index is 3250. The van der Waals surface area contributed by atoms with Crippen molar-refractivity contribution in [1.29, 1.82) is 5.26 Å². The third-order valence-electron chi connectivity index (χ3n) is 11.3. The van der Waals surface area contributed by atoms with Crippen LogP contribution in [0.25, 0.3) is 111 Å². The molecule has 0 bridgehead atoms. The molecule has 0 saturated carbocycles. The molecule has 58 heavy (non-hydrogen) atoms. The highest BCUT2D eigenvalue weighted by atomic mass is 15.0. The van der Waals surface area contributed by atoms with Gasteiger partial charge in [-0.1, -0.05) is 170 Å². The average Bonchev–Trinajstić information content (AvgIpc) is 3.63. The lowest BCUT2D eigenvalue weighted by Gasteiger charge is -2.21. The van der Waals surface area contributed by atoms with E-state index in [4.69, 9.17) is 15.0 Å². The van der Waals surface area contributed by atoms with Crippen LogP contribution in [-0.4, -0.2) is 15.0 Å². The molecule has 0 spiro atoms. The summed E-state index contributed by atoms with van der Waals surface area (Å²) >= 11 is 0. The third kappa shape index (κ3) is 5.49. The summed E-state index contributed by atoms with van der Waals surface area (Å²) in [7, 11) is 0. The Morgan fingerprint density at radius 2 is 0.793 bits per heavy atom. The summed E-state index contributed by atoms with van der Waals surface area (Å²) in [5.41, 5.74) is 15.2. The molecule has 0 amide bonds. The Kier molecular flexibility index (Phi) is 7.84. The first kappa shape index (κ1) is 33.3. The molecule has 1 heterocycles. The van der Waals surface area contributed by atoms with Crippen LogP contribution in [0.3, 0.4) is 0 Å². The van der Waals surface area contributed by atoms with Gasteiger partial charge in [0.2, 0.25) is 0 Å². The molecule has 0 N–H and O–H groups in total. The molecule has 0 atom stereocenters. The van der Waals surface area contributed by atoms with E-state index in [1.165, 1.54) is 55.1 Å². The van der Waals surface area contributed by atoms with E-state index in [9.17, 15) is 5.26 Å². The normalized spacial score (nSPS) is 11.4. The van der Waals surface area contributed by atoms with E-state index in [0.717, 1.165) is 38.8 Å². The third-order valence-corrected chi connectivity index (χ3v) is 11.3. The molecule has 1 aliphatic rings. The van der Waals surface area contributed by atoms with Crippen LogP contribution >= 0.6 is 0 Å². The number of nitriles is 1. The summed E-state index contributed by atoms with van der Waals surface area (Å²) in [5.74, 6) is 1.79. The van der Waals surface area contributed by atoms with Gasteiger partial charge < -0.3 is 0 Å². The Hall–Kier alpha value is -8.00. The largest absolute Gasteiger partial charge is 0.208 e. The van der Waals surface area contributed by atoms with Gasteiger partial charge in [0.05, 0.1) is 11.6 Å². The van der Waals surface area contributed by atoms with Crippen molar-refractivity contribution in [2.75, 3.05) is 0 Å². The first-order valence-corrected chi connectivity index (χ1v) is 19.4. The summed E-state index contributed by atoms with van der Waals surface area (Å²) in [6, 6.07) is 69.9. The molecule has 4 nitrogen and oxygen atoms in total. The van der Waals surface area contributed by atoms with E-state index in [-0.39, 0.29) is 0 Å². The van der Waals surface area contributed by atoms with Crippen LogP contribution < -0.4 is 0 Å². The summed E-state index contributed by atoms with van der Waals surface area (Å²) in [6.07, 6.45) is 0. The van der Waals surface area contributed by atoms with Gasteiger partial charge in [0.1, 0.15) is 0 Å². The summed E-state index contributed by atoms with van der Waals surface area (Å²) in [5, 5.41) is 14.2. The number of rotatable bonds is 6. The standard InChI is InChI=1S/C54H32N4/c55-33-34-25-27-35(28-26-34)40-21-10-22-41(31-40)53-56-52(39-17-8-3-9-18-39)57-54(58-53)42-29-30-43-46(32-42)49(38-15-6-2-7-16-38)51-45-24-12-20-36-19-11-23-44(47(36)45)50(51)48(43)37-13-4-1-5-14-37/h1-32H. The number of benzene rings is 9. The first-order chi connectivity index (χ1) is 28.7. The molecule has 1 aromatic heterocycles. The monoisotopic (exact) mass is 736 g/mol. The van der Waals surface area contributed by atoms with Crippen molar-refractivity contribution in [3.05, 3.63) is 200 Å². The van der Waals surface area contributed by atoms with Crippen LogP contribution in [0.5, 0.6) is 0 Å². The first-order valence-electron chi connectivity index (χ1n) is 19.4. The maximum Gasteiger partial charge on any atom is 0.164 e. The predicted octanol–water partition coefficient (Wildman–Crippen LogP) is 13.7. The number of hydrogen-bond acceptors (Lipinski definition) is 4. The van der Waals surface area contributed by atoms with Crippen LogP contribution in [0.2, 0.25) is 0 Å². The second-order valence-electron chi connectivity index (χ2n) is 14.6. The number of aromatic nitrogens is 3. The lowest BCUT2D eigenvalue weighted by Crippen LogP contribution is -2.01. The lowest BCUT2D eigenvalue weighted by molar-refractivity contribution is 1.07. The minimum absolute atomic E-state index is 0.587. The molecule has 0 fully saturated rings. The second kappa shape index (κ2) is 13.6. The van der Waals surface area contributed by atoms with Crippen molar-refractivity contribution >= 4 is 21.5 Å². The Balaban J connectivity index is 1.19. The van der Waals surface area contributed by atoms with Crippen molar-refractivity contribution in [1.82, 2.24) is 15.0 Å². The molecule has 268 valence electrons. The fourth-order valence-electron chi connectivity index (χ4n) is 8.66. The quantitative estimate of drug-likeness (QED) is 0.170.